The second-order valence-electron chi connectivity index (χ2n) is 4.24. The van der Waals surface area contributed by atoms with Crippen LogP contribution in [0.4, 0.5) is 0 Å². The van der Waals surface area contributed by atoms with Gasteiger partial charge in [0.2, 0.25) is 0 Å². The van der Waals surface area contributed by atoms with Gasteiger partial charge in [0.1, 0.15) is 13.2 Å². The first kappa shape index (κ1) is 14.0. The maximum Gasteiger partial charge on any atom is 0.328 e. The van der Waals surface area contributed by atoms with Gasteiger partial charge in [-0.15, -0.1) is 0 Å². The van der Waals surface area contributed by atoms with E-state index in [0.717, 1.165) is 11.0 Å². The Morgan fingerprint density at radius 2 is 1.90 bits per heavy atom. The molecule has 1 saturated heterocycles. The molecule has 6 nitrogen and oxygen atoms in total. The third kappa shape index (κ3) is 3.30. The maximum absolute atomic E-state index is 11.7. The fourth-order valence-corrected chi connectivity index (χ4v) is 1.87. The molecule has 0 saturated carbocycles. The van der Waals surface area contributed by atoms with E-state index in [1.165, 1.54) is 6.08 Å². The second-order valence-corrected chi connectivity index (χ2v) is 4.24. The molecule has 0 unspecified atom stereocenters. The molecule has 1 fully saturated rings. The quantitative estimate of drug-likeness (QED) is 0.645. The summed E-state index contributed by atoms with van der Waals surface area (Å²) >= 11 is 0. The molecule has 1 aromatic carbocycles. The molecule has 104 valence electrons. The van der Waals surface area contributed by atoms with E-state index in [-0.39, 0.29) is 19.8 Å². The third-order valence-corrected chi connectivity index (χ3v) is 2.84. The van der Waals surface area contributed by atoms with Crippen molar-refractivity contribution in [1.82, 2.24) is 4.90 Å². The number of benzene rings is 1. The summed E-state index contributed by atoms with van der Waals surface area (Å²) < 4.78 is 4.84. The summed E-state index contributed by atoms with van der Waals surface area (Å²) in [6.07, 6.45) is 2.45. The van der Waals surface area contributed by atoms with E-state index in [4.69, 9.17) is 9.84 Å². The first-order valence-electron chi connectivity index (χ1n) is 5.98. The Morgan fingerprint density at radius 1 is 1.25 bits per heavy atom. The molecule has 0 bridgehead atoms. The predicted molar refractivity (Wildman–Crippen MR) is 69.5 cm³/mol. The number of imide groups is 1. The van der Waals surface area contributed by atoms with Crippen LogP contribution < -0.4 is 0 Å². The largest absolute Gasteiger partial charge is 0.478 e. The predicted octanol–water partition coefficient (Wildman–Crippen LogP) is 0.670. The minimum absolute atomic E-state index is 0.112. The molecule has 0 aliphatic carbocycles. The van der Waals surface area contributed by atoms with Gasteiger partial charge in [-0.05, 0) is 17.2 Å². The molecule has 6 heteroatoms. The van der Waals surface area contributed by atoms with Crippen LogP contribution in [-0.2, 0) is 25.7 Å². The second kappa shape index (κ2) is 6.12. The molecule has 0 radical (unpaired) electrons. The van der Waals surface area contributed by atoms with Gasteiger partial charge >= 0.3 is 5.97 Å². The zero-order valence-electron chi connectivity index (χ0n) is 10.6. The number of hydrogen-bond donors (Lipinski definition) is 1. The van der Waals surface area contributed by atoms with Crippen molar-refractivity contribution in [2.75, 3.05) is 13.2 Å². The molecule has 2 amide bonds. The number of morpholine rings is 1. The molecule has 1 heterocycles. The van der Waals surface area contributed by atoms with Crippen LogP contribution in [0.15, 0.2) is 30.3 Å². The van der Waals surface area contributed by atoms with Crippen LogP contribution in [0.1, 0.15) is 11.1 Å². The highest BCUT2D eigenvalue weighted by Gasteiger charge is 2.26. The molecular weight excluding hydrogens is 262 g/mol. The van der Waals surface area contributed by atoms with Gasteiger partial charge < -0.3 is 9.84 Å². The summed E-state index contributed by atoms with van der Waals surface area (Å²) in [5, 5.41) is 8.65. The standard InChI is InChI=1S/C14H13NO5/c16-12-8-20-9-13(17)15(12)7-11-4-2-1-3-10(11)5-6-14(18)19/h1-6H,7-9H2,(H,18,19). The molecule has 1 aliphatic heterocycles. The van der Waals surface area contributed by atoms with Crippen molar-refractivity contribution < 1.29 is 24.2 Å². The van der Waals surface area contributed by atoms with E-state index >= 15 is 0 Å². The van der Waals surface area contributed by atoms with Crippen LogP contribution in [0.2, 0.25) is 0 Å². The lowest BCUT2D eigenvalue weighted by Crippen LogP contribution is -2.45. The maximum atomic E-state index is 11.7. The Bertz CT molecular complexity index is 563. The van der Waals surface area contributed by atoms with Crippen LogP contribution in [0.25, 0.3) is 6.08 Å². The molecule has 1 aromatic rings. The van der Waals surface area contributed by atoms with Gasteiger partial charge in [0.15, 0.2) is 0 Å². The van der Waals surface area contributed by atoms with Crippen LogP contribution in [0.5, 0.6) is 0 Å². The Balaban J connectivity index is 2.22. The molecule has 0 aromatic heterocycles. The summed E-state index contributed by atoms with van der Waals surface area (Å²) in [5.41, 5.74) is 1.36. The first-order chi connectivity index (χ1) is 9.58. The van der Waals surface area contributed by atoms with Crippen LogP contribution in [0, 0.1) is 0 Å². The molecule has 0 atom stereocenters. The highest BCUT2D eigenvalue weighted by molar-refractivity contribution is 5.98. The van der Waals surface area contributed by atoms with Crippen molar-refractivity contribution >= 4 is 23.9 Å². The van der Waals surface area contributed by atoms with E-state index in [2.05, 4.69) is 0 Å². The normalized spacial score (nSPS) is 15.9. The first-order valence-corrected chi connectivity index (χ1v) is 5.98. The number of nitrogens with zero attached hydrogens (tertiary/aromatic N) is 1. The van der Waals surface area contributed by atoms with Crippen LogP contribution in [0.3, 0.4) is 0 Å². The minimum atomic E-state index is -1.06. The number of ether oxygens (including phenoxy) is 1. The van der Waals surface area contributed by atoms with E-state index in [1.54, 1.807) is 24.3 Å². The molecule has 0 spiro atoms. The van der Waals surface area contributed by atoms with Gasteiger partial charge in [0, 0.05) is 6.08 Å². The van der Waals surface area contributed by atoms with Gasteiger partial charge in [-0.1, -0.05) is 24.3 Å². The number of aliphatic carboxylic acids is 1. The number of rotatable bonds is 4. The van der Waals surface area contributed by atoms with E-state index < -0.39 is 17.8 Å². The fourth-order valence-electron chi connectivity index (χ4n) is 1.87. The van der Waals surface area contributed by atoms with Crippen molar-refractivity contribution in [1.29, 1.82) is 0 Å². The third-order valence-electron chi connectivity index (χ3n) is 2.84. The summed E-state index contributed by atoms with van der Waals surface area (Å²) in [7, 11) is 0. The van der Waals surface area contributed by atoms with Crippen LogP contribution in [-0.4, -0.2) is 41.0 Å². The van der Waals surface area contributed by atoms with E-state index in [9.17, 15) is 14.4 Å². The van der Waals surface area contributed by atoms with Crippen molar-refractivity contribution in [2.24, 2.45) is 0 Å². The van der Waals surface area contributed by atoms with Crippen molar-refractivity contribution in [3.8, 4) is 0 Å². The average Bonchev–Trinajstić information content (AvgIpc) is 2.42. The summed E-state index contributed by atoms with van der Waals surface area (Å²) in [6, 6.07) is 7.00. The number of carboxylic acid groups (broad SMARTS) is 1. The minimum Gasteiger partial charge on any atom is -0.478 e. The Hall–Kier alpha value is -2.47. The lowest BCUT2D eigenvalue weighted by Gasteiger charge is -2.25. The molecule has 20 heavy (non-hydrogen) atoms. The highest BCUT2D eigenvalue weighted by Crippen LogP contribution is 2.15. The Morgan fingerprint density at radius 3 is 2.55 bits per heavy atom. The Labute approximate surface area is 115 Å². The number of carbonyl (C=O) groups excluding carboxylic acids is 2. The van der Waals surface area contributed by atoms with Gasteiger partial charge in [-0.3, -0.25) is 14.5 Å². The monoisotopic (exact) mass is 275 g/mol. The summed E-state index contributed by atoms with van der Waals surface area (Å²) in [4.78, 5) is 35.0. The van der Waals surface area contributed by atoms with Gasteiger partial charge in [-0.2, -0.15) is 0 Å². The number of hydrogen-bond acceptors (Lipinski definition) is 4. The smallest absolute Gasteiger partial charge is 0.328 e. The molecular formula is C14H13NO5. The fraction of sp³-hybridized carbons (Fsp3) is 0.214. The number of amides is 2. The molecule has 1 aliphatic rings. The van der Waals surface area contributed by atoms with E-state index in [0.29, 0.717) is 11.1 Å². The van der Waals surface area contributed by atoms with Gasteiger partial charge in [0.05, 0.1) is 6.54 Å². The topological polar surface area (TPSA) is 83.9 Å². The van der Waals surface area contributed by atoms with Crippen molar-refractivity contribution in [3.63, 3.8) is 0 Å². The van der Waals surface area contributed by atoms with E-state index in [1.807, 2.05) is 0 Å². The summed E-state index contributed by atoms with van der Waals surface area (Å²) in [5.74, 6) is -1.84. The summed E-state index contributed by atoms with van der Waals surface area (Å²) in [6.45, 7) is -0.112. The Kier molecular flexibility index (Phi) is 4.27. The van der Waals surface area contributed by atoms with Crippen molar-refractivity contribution in [2.45, 2.75) is 6.54 Å². The number of carbonyl (C=O) groups is 3. The van der Waals surface area contributed by atoms with Crippen molar-refractivity contribution in [3.05, 3.63) is 41.5 Å². The SMILES string of the molecule is O=C(O)C=Cc1ccccc1CN1C(=O)COCC1=O. The zero-order chi connectivity index (χ0) is 14.5. The van der Waals surface area contributed by atoms with Gasteiger partial charge in [-0.25, -0.2) is 4.79 Å². The van der Waals surface area contributed by atoms with Crippen LogP contribution >= 0.6 is 0 Å². The lowest BCUT2D eigenvalue weighted by atomic mass is 10.1. The molecule has 1 N–H and O–H groups in total. The molecule has 2 rings (SSSR count). The number of carboxylic acids is 1. The zero-order valence-corrected chi connectivity index (χ0v) is 10.6. The van der Waals surface area contributed by atoms with Gasteiger partial charge in [0.25, 0.3) is 11.8 Å². The highest BCUT2D eigenvalue weighted by atomic mass is 16.5. The average molecular weight is 275 g/mol. The lowest BCUT2D eigenvalue weighted by molar-refractivity contribution is -0.159.